The number of carbonyl (C=O) groups excluding carboxylic acids is 3. The van der Waals surface area contributed by atoms with Gasteiger partial charge in [0.1, 0.15) is 18.7 Å². The molecule has 1 aliphatic carbocycles. The van der Waals surface area contributed by atoms with Crippen molar-refractivity contribution in [2.75, 3.05) is 13.7 Å². The molecule has 0 fully saturated rings. The lowest BCUT2D eigenvalue weighted by atomic mass is 9.98. The third-order valence-corrected chi connectivity index (χ3v) is 6.01. The number of hydrogen-bond acceptors (Lipinski definition) is 6. The highest BCUT2D eigenvalue weighted by atomic mass is 16.5. The molecular weight excluding hydrogens is 452 g/mol. The topological polar surface area (TPSA) is 131 Å². The molecule has 2 aromatic rings. The van der Waals surface area contributed by atoms with Gasteiger partial charge in [-0.3, -0.25) is 9.59 Å². The van der Waals surface area contributed by atoms with Crippen LogP contribution in [0.4, 0.5) is 4.79 Å². The Labute approximate surface area is 203 Å². The number of carbonyl (C=O) groups is 4. The van der Waals surface area contributed by atoms with Crippen LogP contribution in [0.3, 0.4) is 0 Å². The molecule has 3 N–H and O–H groups in total. The number of methoxy groups -OCH3 is 1. The maximum atomic E-state index is 12.7. The fourth-order valence-electron chi connectivity index (χ4n) is 4.23. The van der Waals surface area contributed by atoms with Crippen molar-refractivity contribution >= 4 is 23.9 Å². The van der Waals surface area contributed by atoms with Crippen molar-refractivity contribution in [1.82, 2.24) is 10.6 Å². The predicted octanol–water partition coefficient (Wildman–Crippen LogP) is 3.22. The summed E-state index contributed by atoms with van der Waals surface area (Å²) >= 11 is 0. The van der Waals surface area contributed by atoms with Gasteiger partial charge < -0.3 is 25.2 Å². The molecule has 0 aliphatic heterocycles. The summed E-state index contributed by atoms with van der Waals surface area (Å²) in [6.45, 7) is 1.93. The molecule has 0 aromatic heterocycles. The summed E-state index contributed by atoms with van der Waals surface area (Å²) in [4.78, 5) is 48.2. The third-order valence-electron chi connectivity index (χ3n) is 6.01. The molecule has 2 amide bonds. The number of amides is 2. The highest BCUT2D eigenvalue weighted by molar-refractivity contribution is 5.89. The number of alkyl carbamates (subject to hydrolysis) is 1. The maximum Gasteiger partial charge on any atom is 0.407 e. The third kappa shape index (κ3) is 6.38. The number of rotatable bonds is 11. The Hall–Kier alpha value is -3.88. The van der Waals surface area contributed by atoms with E-state index in [1.54, 1.807) is 0 Å². The Morgan fingerprint density at radius 1 is 0.914 bits per heavy atom. The van der Waals surface area contributed by atoms with Gasteiger partial charge in [0.25, 0.3) is 0 Å². The van der Waals surface area contributed by atoms with Crippen molar-refractivity contribution in [3.63, 3.8) is 0 Å². The first-order chi connectivity index (χ1) is 16.8. The van der Waals surface area contributed by atoms with Crippen molar-refractivity contribution in [3.05, 3.63) is 59.7 Å². The average molecular weight is 483 g/mol. The fraction of sp³-hybridized carbons (Fsp3) is 0.385. The number of hydrogen-bond donors (Lipinski definition) is 3. The highest BCUT2D eigenvalue weighted by Gasteiger charge is 2.30. The van der Waals surface area contributed by atoms with Crippen molar-refractivity contribution in [2.45, 2.75) is 50.6 Å². The van der Waals surface area contributed by atoms with E-state index in [0.717, 1.165) is 22.3 Å². The predicted molar refractivity (Wildman–Crippen MR) is 128 cm³/mol. The van der Waals surface area contributed by atoms with Crippen molar-refractivity contribution < 1.29 is 33.8 Å². The van der Waals surface area contributed by atoms with Crippen LogP contribution in [0.2, 0.25) is 0 Å². The number of ether oxygens (including phenoxy) is 2. The van der Waals surface area contributed by atoms with E-state index in [2.05, 4.69) is 15.4 Å². The second-order valence-corrected chi connectivity index (χ2v) is 8.33. The molecule has 0 heterocycles. The zero-order valence-electron chi connectivity index (χ0n) is 19.8. The molecule has 1 unspecified atom stereocenters. The maximum absolute atomic E-state index is 12.7. The van der Waals surface area contributed by atoms with E-state index >= 15 is 0 Å². The zero-order valence-corrected chi connectivity index (χ0v) is 19.8. The second kappa shape index (κ2) is 12.0. The highest BCUT2D eigenvalue weighted by Crippen LogP contribution is 2.44. The lowest BCUT2D eigenvalue weighted by Gasteiger charge is -2.21. The first-order valence-electron chi connectivity index (χ1n) is 11.6. The van der Waals surface area contributed by atoms with E-state index in [-0.39, 0.29) is 25.4 Å². The molecule has 9 nitrogen and oxygen atoms in total. The minimum absolute atomic E-state index is 0.0944. The first-order valence-corrected chi connectivity index (χ1v) is 11.6. The molecule has 0 saturated heterocycles. The largest absolute Gasteiger partial charge is 0.480 e. The van der Waals surface area contributed by atoms with Gasteiger partial charge in [0.05, 0.1) is 7.11 Å². The lowest BCUT2D eigenvalue weighted by molar-refractivity contribution is -0.144. The molecule has 2 aromatic carbocycles. The van der Waals surface area contributed by atoms with E-state index in [9.17, 15) is 24.3 Å². The van der Waals surface area contributed by atoms with Gasteiger partial charge in [0, 0.05) is 12.3 Å². The molecule has 0 radical (unpaired) electrons. The van der Waals surface area contributed by atoms with Gasteiger partial charge in [-0.05, 0) is 35.1 Å². The SMILES string of the molecule is CCCC(NC(=O)OCC1c2ccccc2-c2ccccc21)C(=O)N[C@@H](CCC(=O)OC)C(=O)O. The monoisotopic (exact) mass is 482 g/mol. The number of benzene rings is 2. The van der Waals surface area contributed by atoms with Crippen molar-refractivity contribution in [2.24, 2.45) is 0 Å². The molecule has 186 valence electrons. The number of carboxylic acid groups (broad SMARTS) is 1. The van der Waals surface area contributed by atoms with Crippen LogP contribution in [0, 0.1) is 0 Å². The summed E-state index contributed by atoms with van der Waals surface area (Å²) in [6, 6.07) is 13.6. The van der Waals surface area contributed by atoms with Gasteiger partial charge in [0.2, 0.25) is 5.91 Å². The Morgan fingerprint density at radius 3 is 2.06 bits per heavy atom. The van der Waals surface area contributed by atoms with Crippen LogP contribution in [0.25, 0.3) is 11.1 Å². The summed E-state index contributed by atoms with van der Waals surface area (Å²) in [5.41, 5.74) is 4.34. The number of carboxylic acids is 1. The fourth-order valence-corrected chi connectivity index (χ4v) is 4.23. The summed E-state index contributed by atoms with van der Waals surface area (Å²) < 4.78 is 10.0. The number of esters is 1. The first kappa shape index (κ1) is 25.7. The van der Waals surface area contributed by atoms with Crippen LogP contribution in [-0.4, -0.2) is 54.8 Å². The van der Waals surface area contributed by atoms with Crippen LogP contribution in [-0.2, 0) is 23.9 Å². The second-order valence-electron chi connectivity index (χ2n) is 8.33. The van der Waals surface area contributed by atoms with Gasteiger partial charge in [-0.2, -0.15) is 0 Å². The Morgan fingerprint density at radius 2 is 1.51 bits per heavy atom. The standard InChI is InChI=1S/C26H30N2O7/c1-3-8-21(24(30)27-22(25(31)32)13-14-23(29)34-2)28-26(33)35-15-20-18-11-6-4-9-16(18)17-10-5-7-12-19(17)20/h4-7,9-12,20-22H,3,8,13-15H2,1-2H3,(H,27,30)(H,28,33)(H,31,32)/t21?,22-/m0/s1. The summed E-state index contributed by atoms with van der Waals surface area (Å²) in [7, 11) is 1.20. The molecule has 3 rings (SSSR count). The zero-order chi connectivity index (χ0) is 25.4. The van der Waals surface area contributed by atoms with Gasteiger partial charge in [0.15, 0.2) is 0 Å². The van der Waals surface area contributed by atoms with Crippen LogP contribution in [0.1, 0.15) is 49.7 Å². The summed E-state index contributed by atoms with van der Waals surface area (Å²) in [6.07, 6.45) is -0.188. The molecule has 0 bridgehead atoms. The van der Waals surface area contributed by atoms with Gasteiger partial charge in [-0.15, -0.1) is 0 Å². The Kier molecular flexibility index (Phi) is 8.83. The van der Waals surface area contributed by atoms with Crippen molar-refractivity contribution in [3.8, 4) is 11.1 Å². The van der Waals surface area contributed by atoms with Crippen LogP contribution >= 0.6 is 0 Å². The minimum atomic E-state index is -1.29. The molecule has 9 heteroatoms. The Balaban J connectivity index is 1.61. The number of nitrogens with one attached hydrogen (secondary N) is 2. The molecule has 35 heavy (non-hydrogen) atoms. The van der Waals surface area contributed by atoms with Gasteiger partial charge in [-0.1, -0.05) is 61.9 Å². The molecule has 1 aliphatic rings. The number of fused-ring (bicyclic) bond motifs is 3. The quantitative estimate of drug-likeness (QED) is 0.419. The molecule has 0 spiro atoms. The molecule has 2 atom stereocenters. The van der Waals surface area contributed by atoms with Crippen LogP contribution in [0.15, 0.2) is 48.5 Å². The van der Waals surface area contributed by atoms with E-state index in [0.29, 0.717) is 12.8 Å². The molecule has 0 saturated carbocycles. The number of aliphatic carboxylic acids is 1. The van der Waals surface area contributed by atoms with E-state index < -0.39 is 36.0 Å². The lowest BCUT2D eigenvalue weighted by Crippen LogP contribution is -2.51. The summed E-state index contributed by atoms with van der Waals surface area (Å²) in [5.74, 6) is -2.63. The van der Waals surface area contributed by atoms with E-state index in [1.165, 1.54) is 7.11 Å². The van der Waals surface area contributed by atoms with E-state index in [4.69, 9.17) is 4.74 Å². The smallest absolute Gasteiger partial charge is 0.407 e. The Bertz CT molecular complexity index is 1040. The van der Waals surface area contributed by atoms with Crippen LogP contribution < -0.4 is 10.6 Å². The van der Waals surface area contributed by atoms with Gasteiger partial charge >= 0.3 is 18.0 Å². The normalized spacial score (nSPS) is 13.7. The molecular formula is C26H30N2O7. The minimum Gasteiger partial charge on any atom is -0.480 e. The average Bonchev–Trinajstić information content (AvgIpc) is 3.18. The van der Waals surface area contributed by atoms with Crippen molar-refractivity contribution in [1.29, 1.82) is 0 Å². The summed E-state index contributed by atoms with van der Waals surface area (Å²) in [5, 5.41) is 14.3. The van der Waals surface area contributed by atoms with Gasteiger partial charge in [-0.25, -0.2) is 9.59 Å². The van der Waals surface area contributed by atoms with E-state index in [1.807, 2.05) is 55.5 Å². The van der Waals surface area contributed by atoms with Crippen LogP contribution in [0.5, 0.6) is 0 Å².